The van der Waals surface area contributed by atoms with E-state index < -0.39 is 0 Å². The highest BCUT2D eigenvalue weighted by molar-refractivity contribution is 5.92. The Labute approximate surface area is 156 Å². The Hall–Kier alpha value is -3.73. The molecule has 0 saturated carbocycles. The number of ether oxygens (including phenoxy) is 1. The number of fused-ring (bicyclic) bond motifs is 1. The molecular formula is C22H17N3O2. The van der Waals surface area contributed by atoms with Gasteiger partial charge in [-0.25, -0.2) is 9.97 Å². The van der Waals surface area contributed by atoms with Gasteiger partial charge in [-0.1, -0.05) is 48.5 Å². The molecule has 0 fully saturated rings. The summed E-state index contributed by atoms with van der Waals surface area (Å²) in [6.07, 6.45) is 1.66. The molecule has 4 rings (SSSR count). The summed E-state index contributed by atoms with van der Waals surface area (Å²) >= 11 is 0. The van der Waals surface area contributed by atoms with Crippen molar-refractivity contribution >= 4 is 16.8 Å². The topological polar surface area (TPSA) is 64.1 Å². The Bertz CT molecular complexity index is 1080. The Morgan fingerprint density at radius 2 is 1.67 bits per heavy atom. The fourth-order valence-corrected chi connectivity index (χ4v) is 2.69. The monoisotopic (exact) mass is 355 g/mol. The van der Waals surface area contributed by atoms with Crippen molar-refractivity contribution in [3.63, 3.8) is 0 Å². The van der Waals surface area contributed by atoms with Gasteiger partial charge in [0.05, 0.1) is 5.52 Å². The molecule has 0 unspecified atom stereocenters. The van der Waals surface area contributed by atoms with E-state index in [1.165, 1.54) is 0 Å². The van der Waals surface area contributed by atoms with Gasteiger partial charge in [-0.3, -0.25) is 4.79 Å². The van der Waals surface area contributed by atoms with E-state index in [-0.39, 0.29) is 11.7 Å². The minimum atomic E-state index is -0.310. The first-order valence-corrected chi connectivity index (χ1v) is 8.60. The number of amides is 1. The van der Waals surface area contributed by atoms with Crippen molar-refractivity contribution in [2.45, 2.75) is 6.54 Å². The van der Waals surface area contributed by atoms with Crippen LogP contribution >= 0.6 is 0 Å². The number of para-hydroxylation sites is 2. The predicted octanol–water partition coefficient (Wildman–Crippen LogP) is 4.35. The molecule has 1 N–H and O–H groups in total. The quantitative estimate of drug-likeness (QED) is 0.578. The molecule has 3 aromatic carbocycles. The summed E-state index contributed by atoms with van der Waals surface area (Å²) in [5, 5.41) is 3.75. The third-order valence-electron chi connectivity index (χ3n) is 4.02. The fourth-order valence-electron chi connectivity index (χ4n) is 2.69. The molecule has 0 atom stereocenters. The van der Waals surface area contributed by atoms with Crippen LogP contribution in [0.3, 0.4) is 0 Å². The van der Waals surface area contributed by atoms with Gasteiger partial charge in [-0.2, -0.15) is 0 Å². The molecule has 0 aliphatic carbocycles. The van der Waals surface area contributed by atoms with Crippen LogP contribution in [-0.2, 0) is 6.54 Å². The van der Waals surface area contributed by atoms with Gasteiger partial charge in [0.2, 0.25) is 5.82 Å². The van der Waals surface area contributed by atoms with Crippen molar-refractivity contribution in [1.82, 2.24) is 15.3 Å². The van der Waals surface area contributed by atoms with Gasteiger partial charge in [0.15, 0.2) is 0 Å². The minimum Gasteiger partial charge on any atom is -0.457 e. The normalized spacial score (nSPS) is 10.5. The van der Waals surface area contributed by atoms with E-state index in [0.29, 0.717) is 6.54 Å². The Balaban J connectivity index is 1.43. The average molecular weight is 355 g/mol. The van der Waals surface area contributed by atoms with Crippen molar-refractivity contribution in [3.8, 4) is 11.5 Å². The van der Waals surface area contributed by atoms with E-state index in [2.05, 4.69) is 15.3 Å². The first-order chi connectivity index (χ1) is 13.3. The molecule has 1 heterocycles. The van der Waals surface area contributed by atoms with Gasteiger partial charge in [-0.15, -0.1) is 0 Å². The molecule has 5 nitrogen and oxygen atoms in total. The van der Waals surface area contributed by atoms with Crippen LogP contribution in [0, 0.1) is 0 Å². The number of hydrogen-bond donors (Lipinski definition) is 1. The second-order valence-electron chi connectivity index (χ2n) is 6.00. The maximum absolute atomic E-state index is 12.4. The molecular weight excluding hydrogens is 338 g/mol. The molecule has 0 aliphatic heterocycles. The lowest BCUT2D eigenvalue weighted by Crippen LogP contribution is -2.24. The molecule has 27 heavy (non-hydrogen) atoms. The molecule has 4 aromatic rings. The van der Waals surface area contributed by atoms with Crippen molar-refractivity contribution in [3.05, 3.63) is 96.4 Å². The summed E-state index contributed by atoms with van der Waals surface area (Å²) in [6, 6.07) is 24.7. The van der Waals surface area contributed by atoms with Crippen LogP contribution in [0.25, 0.3) is 10.9 Å². The van der Waals surface area contributed by atoms with Crippen molar-refractivity contribution < 1.29 is 9.53 Å². The van der Waals surface area contributed by atoms with Gasteiger partial charge in [0.25, 0.3) is 5.91 Å². The highest BCUT2D eigenvalue weighted by atomic mass is 16.5. The summed E-state index contributed by atoms with van der Waals surface area (Å²) < 4.78 is 5.82. The Morgan fingerprint density at radius 3 is 2.56 bits per heavy atom. The zero-order valence-corrected chi connectivity index (χ0v) is 14.5. The summed E-state index contributed by atoms with van der Waals surface area (Å²) in [5.74, 6) is 1.33. The fraction of sp³-hybridized carbons (Fsp3) is 0.0455. The summed E-state index contributed by atoms with van der Waals surface area (Å²) in [7, 11) is 0. The molecule has 0 saturated heterocycles. The molecule has 1 aromatic heterocycles. The lowest BCUT2D eigenvalue weighted by molar-refractivity contribution is 0.0941. The number of nitrogens with zero attached hydrogens (tertiary/aromatic N) is 2. The van der Waals surface area contributed by atoms with E-state index in [4.69, 9.17) is 4.74 Å². The summed E-state index contributed by atoms with van der Waals surface area (Å²) in [5.41, 5.74) is 1.67. The molecule has 5 heteroatoms. The van der Waals surface area contributed by atoms with Gasteiger partial charge >= 0.3 is 0 Å². The minimum absolute atomic E-state index is 0.158. The number of hydrogen-bond acceptors (Lipinski definition) is 4. The van der Waals surface area contributed by atoms with Crippen LogP contribution < -0.4 is 10.1 Å². The van der Waals surface area contributed by atoms with Crippen LogP contribution in [0.15, 0.2) is 85.1 Å². The third kappa shape index (κ3) is 4.10. The average Bonchev–Trinajstić information content (AvgIpc) is 2.73. The second kappa shape index (κ2) is 7.66. The van der Waals surface area contributed by atoms with Crippen molar-refractivity contribution in [1.29, 1.82) is 0 Å². The van der Waals surface area contributed by atoms with Gasteiger partial charge in [0, 0.05) is 18.1 Å². The van der Waals surface area contributed by atoms with E-state index in [1.54, 1.807) is 6.20 Å². The smallest absolute Gasteiger partial charge is 0.289 e. The summed E-state index contributed by atoms with van der Waals surface area (Å²) in [6.45, 7) is 0.362. The number of rotatable bonds is 5. The largest absolute Gasteiger partial charge is 0.457 e. The second-order valence-corrected chi connectivity index (χ2v) is 6.00. The van der Waals surface area contributed by atoms with E-state index in [0.717, 1.165) is 28.0 Å². The summed E-state index contributed by atoms with van der Waals surface area (Å²) in [4.78, 5) is 20.8. The number of nitrogens with one attached hydrogen (secondary N) is 1. The van der Waals surface area contributed by atoms with Gasteiger partial charge in [-0.05, 0) is 35.9 Å². The molecule has 1 amide bonds. The highest BCUT2D eigenvalue weighted by Crippen LogP contribution is 2.21. The zero-order valence-electron chi connectivity index (χ0n) is 14.5. The molecule has 0 spiro atoms. The van der Waals surface area contributed by atoms with E-state index in [9.17, 15) is 4.79 Å². The first-order valence-electron chi connectivity index (χ1n) is 8.60. The van der Waals surface area contributed by atoms with Crippen LogP contribution in [0.1, 0.15) is 16.2 Å². The number of carbonyl (C=O) groups excluding carboxylic acids is 1. The number of benzene rings is 3. The van der Waals surface area contributed by atoms with E-state index in [1.807, 2.05) is 78.9 Å². The molecule has 0 aliphatic rings. The maximum atomic E-state index is 12.4. The molecule has 0 radical (unpaired) electrons. The lowest BCUT2D eigenvalue weighted by atomic mass is 10.2. The Kier molecular flexibility index (Phi) is 4.74. The SMILES string of the molecule is O=C(NCc1cccc(Oc2ccccc2)c1)c1ncc2ccccc2n1. The predicted molar refractivity (Wildman–Crippen MR) is 104 cm³/mol. The molecule has 132 valence electrons. The Morgan fingerprint density at radius 1 is 0.889 bits per heavy atom. The van der Waals surface area contributed by atoms with Crippen LogP contribution in [-0.4, -0.2) is 15.9 Å². The van der Waals surface area contributed by atoms with Crippen LogP contribution in [0.2, 0.25) is 0 Å². The van der Waals surface area contributed by atoms with Crippen molar-refractivity contribution in [2.24, 2.45) is 0 Å². The highest BCUT2D eigenvalue weighted by Gasteiger charge is 2.10. The maximum Gasteiger partial charge on any atom is 0.289 e. The van der Waals surface area contributed by atoms with Crippen LogP contribution in [0.5, 0.6) is 11.5 Å². The number of carbonyl (C=O) groups is 1. The lowest BCUT2D eigenvalue weighted by Gasteiger charge is -2.08. The van der Waals surface area contributed by atoms with Gasteiger partial charge in [0.1, 0.15) is 11.5 Å². The zero-order chi connectivity index (χ0) is 18.5. The van der Waals surface area contributed by atoms with Crippen molar-refractivity contribution in [2.75, 3.05) is 0 Å². The van der Waals surface area contributed by atoms with Crippen LogP contribution in [0.4, 0.5) is 0 Å². The molecule has 0 bridgehead atoms. The first kappa shape index (κ1) is 16.7. The standard InChI is InChI=1S/C22H17N3O2/c26-22(21-23-15-17-8-4-5-12-20(17)25-21)24-14-16-7-6-11-19(13-16)27-18-9-2-1-3-10-18/h1-13,15H,14H2,(H,24,26). The van der Waals surface area contributed by atoms with E-state index >= 15 is 0 Å². The van der Waals surface area contributed by atoms with Gasteiger partial charge < -0.3 is 10.1 Å². The number of aromatic nitrogens is 2. The third-order valence-corrected chi connectivity index (χ3v) is 4.02.